The molecule has 3 aromatic carbocycles. The SMILES string of the molecule is CC1(c2ccc(Cl)cc2)CC(c2ccccc2)c2ccccc21. The van der Waals surface area contributed by atoms with Crippen LogP contribution in [0.3, 0.4) is 0 Å². The normalized spacial score (nSPS) is 22.8. The van der Waals surface area contributed by atoms with Gasteiger partial charge in [0.1, 0.15) is 0 Å². The van der Waals surface area contributed by atoms with Crippen molar-refractivity contribution in [2.45, 2.75) is 24.7 Å². The van der Waals surface area contributed by atoms with E-state index < -0.39 is 0 Å². The van der Waals surface area contributed by atoms with Crippen LogP contribution in [0.15, 0.2) is 78.9 Å². The van der Waals surface area contributed by atoms with E-state index in [0.29, 0.717) is 5.92 Å². The van der Waals surface area contributed by atoms with Crippen LogP contribution >= 0.6 is 11.6 Å². The summed E-state index contributed by atoms with van der Waals surface area (Å²) < 4.78 is 0. The van der Waals surface area contributed by atoms with E-state index in [-0.39, 0.29) is 5.41 Å². The molecule has 2 unspecified atom stereocenters. The molecule has 0 spiro atoms. The molecule has 3 aromatic rings. The van der Waals surface area contributed by atoms with E-state index in [9.17, 15) is 0 Å². The first-order valence-corrected chi connectivity index (χ1v) is 8.47. The van der Waals surface area contributed by atoms with Gasteiger partial charge in [0.25, 0.3) is 0 Å². The highest BCUT2D eigenvalue weighted by molar-refractivity contribution is 6.30. The van der Waals surface area contributed by atoms with E-state index in [0.717, 1.165) is 11.4 Å². The standard InChI is InChI=1S/C22H19Cl/c1-22(17-11-13-18(23)14-12-17)15-20(16-7-3-2-4-8-16)19-9-5-6-10-21(19)22/h2-14,20H,15H2,1H3. The topological polar surface area (TPSA) is 0 Å². The van der Waals surface area contributed by atoms with Crippen molar-refractivity contribution >= 4 is 11.6 Å². The van der Waals surface area contributed by atoms with Crippen LogP contribution in [0.4, 0.5) is 0 Å². The number of halogens is 1. The van der Waals surface area contributed by atoms with Gasteiger partial charge in [0.05, 0.1) is 0 Å². The van der Waals surface area contributed by atoms with Crippen LogP contribution in [0.5, 0.6) is 0 Å². The average Bonchev–Trinajstić information content (AvgIpc) is 2.91. The van der Waals surface area contributed by atoms with Gasteiger partial charge in [0.2, 0.25) is 0 Å². The van der Waals surface area contributed by atoms with Crippen molar-refractivity contribution in [3.05, 3.63) is 106 Å². The fourth-order valence-corrected chi connectivity index (χ4v) is 4.13. The maximum absolute atomic E-state index is 6.09. The number of rotatable bonds is 2. The maximum atomic E-state index is 6.09. The lowest BCUT2D eigenvalue weighted by atomic mass is 9.76. The maximum Gasteiger partial charge on any atom is 0.0406 e. The number of fused-ring (bicyclic) bond motifs is 1. The third-order valence-electron chi connectivity index (χ3n) is 5.23. The summed E-state index contributed by atoms with van der Waals surface area (Å²) in [6.45, 7) is 2.36. The quantitative estimate of drug-likeness (QED) is 0.529. The second-order valence-corrected chi connectivity index (χ2v) is 7.03. The van der Waals surface area contributed by atoms with Gasteiger partial charge >= 0.3 is 0 Å². The predicted octanol–water partition coefficient (Wildman–Crippen LogP) is 6.18. The van der Waals surface area contributed by atoms with Crippen molar-refractivity contribution in [2.24, 2.45) is 0 Å². The van der Waals surface area contributed by atoms with Crippen LogP contribution in [0, 0.1) is 0 Å². The number of hydrogen-bond donors (Lipinski definition) is 0. The molecule has 23 heavy (non-hydrogen) atoms. The van der Waals surface area contributed by atoms with Crippen molar-refractivity contribution in [3.63, 3.8) is 0 Å². The van der Waals surface area contributed by atoms with Gasteiger partial charge < -0.3 is 0 Å². The molecule has 0 aromatic heterocycles. The molecule has 1 heteroatoms. The molecule has 0 nitrogen and oxygen atoms in total. The van der Waals surface area contributed by atoms with Gasteiger partial charge in [-0.15, -0.1) is 0 Å². The van der Waals surface area contributed by atoms with E-state index in [4.69, 9.17) is 11.6 Å². The molecular weight excluding hydrogens is 300 g/mol. The van der Waals surface area contributed by atoms with Gasteiger partial charge in [0.15, 0.2) is 0 Å². The fraction of sp³-hybridized carbons (Fsp3) is 0.182. The summed E-state index contributed by atoms with van der Waals surface area (Å²) in [5.41, 5.74) is 5.67. The third kappa shape index (κ3) is 2.38. The van der Waals surface area contributed by atoms with Crippen LogP contribution < -0.4 is 0 Å². The molecule has 4 rings (SSSR count). The van der Waals surface area contributed by atoms with Crippen LogP contribution in [-0.2, 0) is 5.41 Å². The second kappa shape index (κ2) is 5.54. The molecule has 0 bridgehead atoms. The monoisotopic (exact) mass is 318 g/mol. The second-order valence-electron chi connectivity index (χ2n) is 6.59. The van der Waals surface area contributed by atoms with Crippen molar-refractivity contribution in [1.29, 1.82) is 0 Å². The third-order valence-corrected chi connectivity index (χ3v) is 5.48. The van der Waals surface area contributed by atoms with Crippen molar-refractivity contribution in [2.75, 3.05) is 0 Å². The predicted molar refractivity (Wildman–Crippen MR) is 97.3 cm³/mol. The first kappa shape index (κ1) is 14.5. The first-order chi connectivity index (χ1) is 11.2. The van der Waals surface area contributed by atoms with E-state index in [1.807, 2.05) is 12.1 Å². The van der Waals surface area contributed by atoms with Gasteiger partial charge in [-0.2, -0.15) is 0 Å². The molecule has 1 aliphatic carbocycles. The van der Waals surface area contributed by atoms with Gasteiger partial charge in [-0.3, -0.25) is 0 Å². The van der Waals surface area contributed by atoms with Gasteiger partial charge in [-0.25, -0.2) is 0 Å². The Hall–Kier alpha value is -2.05. The highest BCUT2D eigenvalue weighted by atomic mass is 35.5. The van der Waals surface area contributed by atoms with Crippen LogP contribution in [0.2, 0.25) is 5.02 Å². The zero-order valence-corrected chi connectivity index (χ0v) is 13.9. The Labute approximate surface area is 142 Å². The zero-order chi connectivity index (χ0) is 15.9. The van der Waals surface area contributed by atoms with Crippen molar-refractivity contribution < 1.29 is 0 Å². The van der Waals surface area contributed by atoms with E-state index in [2.05, 4.69) is 73.7 Å². The summed E-state index contributed by atoms with van der Waals surface area (Å²) in [5, 5.41) is 0.795. The molecule has 0 saturated heterocycles. The highest BCUT2D eigenvalue weighted by Crippen LogP contribution is 2.52. The summed E-state index contributed by atoms with van der Waals surface area (Å²) >= 11 is 6.09. The van der Waals surface area contributed by atoms with Crippen molar-refractivity contribution in [3.8, 4) is 0 Å². The molecule has 0 radical (unpaired) electrons. The smallest absolute Gasteiger partial charge is 0.0406 e. The minimum absolute atomic E-state index is 0.0295. The Kier molecular flexibility index (Phi) is 3.50. The molecule has 114 valence electrons. The van der Waals surface area contributed by atoms with Gasteiger partial charge in [-0.1, -0.05) is 85.3 Å². The summed E-state index contributed by atoms with van der Waals surface area (Å²) in [7, 11) is 0. The Bertz CT molecular complexity index is 820. The van der Waals surface area contributed by atoms with E-state index in [1.165, 1.54) is 22.3 Å². The molecule has 0 fully saturated rings. The van der Waals surface area contributed by atoms with Crippen LogP contribution in [0.25, 0.3) is 0 Å². The lowest BCUT2D eigenvalue weighted by Crippen LogP contribution is -2.20. The minimum Gasteiger partial charge on any atom is -0.0843 e. The number of benzene rings is 3. The molecule has 0 saturated carbocycles. The summed E-state index contributed by atoms with van der Waals surface area (Å²) in [6, 6.07) is 28.1. The van der Waals surface area contributed by atoms with Crippen LogP contribution in [0.1, 0.15) is 41.5 Å². The molecule has 0 amide bonds. The Balaban J connectivity index is 1.86. The number of hydrogen-bond acceptors (Lipinski definition) is 0. The molecule has 0 heterocycles. The minimum atomic E-state index is 0.0295. The van der Waals surface area contributed by atoms with Crippen molar-refractivity contribution in [1.82, 2.24) is 0 Å². The summed E-state index contributed by atoms with van der Waals surface area (Å²) in [4.78, 5) is 0. The van der Waals surface area contributed by atoms with Gasteiger partial charge in [-0.05, 0) is 40.8 Å². The fourth-order valence-electron chi connectivity index (χ4n) is 4.01. The van der Waals surface area contributed by atoms with Gasteiger partial charge in [0, 0.05) is 16.4 Å². The Morgan fingerprint density at radius 1 is 0.826 bits per heavy atom. The van der Waals surface area contributed by atoms with E-state index in [1.54, 1.807) is 0 Å². The van der Waals surface area contributed by atoms with Crippen LogP contribution in [-0.4, -0.2) is 0 Å². The Morgan fingerprint density at radius 2 is 1.48 bits per heavy atom. The molecular formula is C22H19Cl. The molecule has 2 atom stereocenters. The molecule has 0 N–H and O–H groups in total. The first-order valence-electron chi connectivity index (χ1n) is 8.09. The molecule has 0 aliphatic heterocycles. The highest BCUT2D eigenvalue weighted by Gasteiger charge is 2.41. The zero-order valence-electron chi connectivity index (χ0n) is 13.2. The molecule has 1 aliphatic rings. The lowest BCUT2D eigenvalue weighted by molar-refractivity contribution is 0.538. The Morgan fingerprint density at radius 3 is 2.22 bits per heavy atom. The summed E-state index contributed by atoms with van der Waals surface area (Å²) in [6.07, 6.45) is 1.10. The lowest BCUT2D eigenvalue weighted by Gasteiger charge is -2.27. The average molecular weight is 319 g/mol. The largest absolute Gasteiger partial charge is 0.0843 e. The summed E-state index contributed by atoms with van der Waals surface area (Å²) in [5.74, 6) is 0.452. The van der Waals surface area contributed by atoms with E-state index >= 15 is 0 Å².